The van der Waals surface area contributed by atoms with Crippen molar-refractivity contribution in [3.05, 3.63) is 98.6 Å². The number of carbonyl (C=O) groups is 2. The van der Waals surface area contributed by atoms with Gasteiger partial charge in [0.05, 0.1) is 22.9 Å². The number of rotatable bonds is 7. The van der Waals surface area contributed by atoms with Crippen molar-refractivity contribution < 1.29 is 24.4 Å². The normalized spacial score (nSPS) is 13.0. The molecule has 168 valence electrons. The number of nitrogens with one attached hydrogen (secondary N) is 1. The van der Waals surface area contributed by atoms with Gasteiger partial charge in [-0.15, -0.1) is 0 Å². The third-order valence-corrected chi connectivity index (χ3v) is 5.81. The Morgan fingerprint density at radius 2 is 1.67 bits per heavy atom. The second-order valence-corrected chi connectivity index (χ2v) is 8.02. The quantitative estimate of drug-likeness (QED) is 0.360. The van der Waals surface area contributed by atoms with Crippen LogP contribution in [-0.4, -0.2) is 28.7 Å². The molecule has 9 heteroatoms. The number of nitro benzene ring substituents is 1. The third-order valence-electron chi connectivity index (χ3n) is 5.58. The molecule has 1 unspecified atom stereocenters. The van der Waals surface area contributed by atoms with Crippen LogP contribution >= 0.6 is 11.6 Å². The van der Waals surface area contributed by atoms with Crippen molar-refractivity contribution in [2.75, 3.05) is 6.61 Å². The summed E-state index contributed by atoms with van der Waals surface area (Å²) in [5.74, 6) is -1.42. The van der Waals surface area contributed by atoms with Gasteiger partial charge in [-0.25, -0.2) is 4.79 Å². The van der Waals surface area contributed by atoms with Gasteiger partial charge in [-0.3, -0.25) is 14.9 Å². The van der Waals surface area contributed by atoms with Gasteiger partial charge in [-0.2, -0.15) is 0 Å². The Bertz CT molecular complexity index is 1200. The number of benzene rings is 3. The van der Waals surface area contributed by atoms with Crippen LogP contribution < -0.4 is 5.32 Å². The van der Waals surface area contributed by atoms with Crippen molar-refractivity contribution >= 4 is 29.4 Å². The molecule has 0 saturated carbocycles. The Hall–Kier alpha value is -3.91. The molecule has 0 radical (unpaired) electrons. The van der Waals surface area contributed by atoms with Crippen LogP contribution in [0.4, 0.5) is 10.5 Å². The smallest absolute Gasteiger partial charge is 0.407 e. The van der Waals surface area contributed by atoms with Gasteiger partial charge in [0.15, 0.2) is 0 Å². The largest absolute Gasteiger partial charge is 0.481 e. The minimum Gasteiger partial charge on any atom is -0.481 e. The first-order chi connectivity index (χ1) is 15.8. The molecule has 0 bridgehead atoms. The summed E-state index contributed by atoms with van der Waals surface area (Å²) in [5.41, 5.74) is 3.84. The van der Waals surface area contributed by atoms with Crippen LogP contribution in [0.3, 0.4) is 0 Å². The van der Waals surface area contributed by atoms with Crippen molar-refractivity contribution in [1.82, 2.24) is 5.32 Å². The molecule has 0 spiro atoms. The van der Waals surface area contributed by atoms with E-state index in [9.17, 15) is 24.8 Å². The molecule has 3 aromatic rings. The van der Waals surface area contributed by atoms with Crippen LogP contribution in [0.15, 0.2) is 66.7 Å². The second-order valence-electron chi connectivity index (χ2n) is 7.58. The maximum absolute atomic E-state index is 12.6. The summed E-state index contributed by atoms with van der Waals surface area (Å²) in [4.78, 5) is 34.8. The number of carboxylic acid groups (broad SMARTS) is 1. The molecule has 0 fully saturated rings. The van der Waals surface area contributed by atoms with Crippen LogP contribution in [0.1, 0.15) is 35.1 Å². The lowest BCUT2D eigenvalue weighted by Gasteiger charge is -2.19. The van der Waals surface area contributed by atoms with E-state index in [-0.39, 0.29) is 28.8 Å². The summed E-state index contributed by atoms with van der Waals surface area (Å²) in [5, 5.41) is 23.3. The molecule has 0 saturated heterocycles. The number of amides is 1. The molecule has 2 N–H and O–H groups in total. The predicted molar refractivity (Wildman–Crippen MR) is 121 cm³/mol. The zero-order valence-corrected chi connectivity index (χ0v) is 18.0. The van der Waals surface area contributed by atoms with Gasteiger partial charge < -0.3 is 15.2 Å². The lowest BCUT2D eigenvalue weighted by molar-refractivity contribution is -0.385. The maximum atomic E-state index is 12.6. The number of ether oxygens (including phenoxy) is 1. The number of carbonyl (C=O) groups excluding carboxylic acids is 1. The van der Waals surface area contributed by atoms with Gasteiger partial charge in [-0.1, -0.05) is 60.1 Å². The Morgan fingerprint density at radius 1 is 1.06 bits per heavy atom. The average molecular weight is 467 g/mol. The Balaban J connectivity index is 1.54. The first-order valence-corrected chi connectivity index (χ1v) is 10.5. The van der Waals surface area contributed by atoms with E-state index in [0.29, 0.717) is 0 Å². The molecule has 1 amide bonds. The van der Waals surface area contributed by atoms with Gasteiger partial charge in [0.1, 0.15) is 6.61 Å². The number of fused-ring (bicyclic) bond motifs is 3. The highest BCUT2D eigenvalue weighted by molar-refractivity contribution is 6.30. The number of carboxylic acids is 1. The van der Waals surface area contributed by atoms with E-state index in [1.807, 2.05) is 48.5 Å². The molecule has 1 atom stereocenters. The van der Waals surface area contributed by atoms with Crippen LogP contribution in [0.5, 0.6) is 0 Å². The van der Waals surface area contributed by atoms with Gasteiger partial charge in [0.2, 0.25) is 0 Å². The minimum absolute atomic E-state index is 0.0107. The Kier molecular flexibility index (Phi) is 6.28. The van der Waals surface area contributed by atoms with Crippen LogP contribution in [0, 0.1) is 10.1 Å². The summed E-state index contributed by atoms with van der Waals surface area (Å²) in [6, 6.07) is 18.3. The fourth-order valence-electron chi connectivity index (χ4n) is 4.17. The molecule has 0 aromatic heterocycles. The first-order valence-electron chi connectivity index (χ1n) is 10.1. The van der Waals surface area contributed by atoms with Crippen LogP contribution in [-0.2, 0) is 9.53 Å². The fraction of sp³-hybridized carbons (Fsp3) is 0.167. The Morgan fingerprint density at radius 3 is 2.24 bits per heavy atom. The number of alkyl carbamates (subject to hydrolysis) is 1. The first kappa shape index (κ1) is 22.3. The highest BCUT2D eigenvalue weighted by Crippen LogP contribution is 2.44. The number of nitro groups is 1. The molecule has 4 rings (SSSR count). The second kappa shape index (κ2) is 9.30. The summed E-state index contributed by atoms with van der Waals surface area (Å²) in [6.45, 7) is 0.0251. The summed E-state index contributed by atoms with van der Waals surface area (Å²) >= 11 is 5.97. The van der Waals surface area contributed by atoms with E-state index in [2.05, 4.69) is 5.32 Å². The van der Waals surface area contributed by atoms with E-state index >= 15 is 0 Å². The summed E-state index contributed by atoms with van der Waals surface area (Å²) < 4.78 is 5.46. The molecule has 8 nitrogen and oxygen atoms in total. The van der Waals surface area contributed by atoms with Crippen molar-refractivity contribution in [3.8, 4) is 11.1 Å². The Labute approximate surface area is 193 Å². The van der Waals surface area contributed by atoms with Crippen LogP contribution in [0.2, 0.25) is 5.02 Å². The van der Waals surface area contributed by atoms with Crippen molar-refractivity contribution in [1.29, 1.82) is 0 Å². The molecule has 1 aliphatic carbocycles. The molecule has 3 aromatic carbocycles. The average Bonchev–Trinajstić information content (AvgIpc) is 3.10. The van der Waals surface area contributed by atoms with Crippen molar-refractivity contribution in [2.45, 2.75) is 18.4 Å². The minimum atomic E-state index is -1.24. The molecule has 0 aliphatic heterocycles. The van der Waals surface area contributed by atoms with Gasteiger partial charge in [0.25, 0.3) is 5.69 Å². The summed E-state index contributed by atoms with van der Waals surface area (Å²) in [6.07, 6.45) is -1.46. The van der Waals surface area contributed by atoms with E-state index in [1.54, 1.807) is 0 Å². The fourth-order valence-corrected chi connectivity index (χ4v) is 4.35. The lowest BCUT2D eigenvalue weighted by atomic mass is 9.98. The summed E-state index contributed by atoms with van der Waals surface area (Å²) in [7, 11) is 0. The zero-order chi connectivity index (χ0) is 23.5. The van der Waals surface area contributed by atoms with Crippen LogP contribution in [0.25, 0.3) is 11.1 Å². The van der Waals surface area contributed by atoms with Crippen molar-refractivity contribution in [2.24, 2.45) is 0 Å². The van der Waals surface area contributed by atoms with Gasteiger partial charge in [-0.05, 0) is 34.4 Å². The van der Waals surface area contributed by atoms with E-state index in [4.69, 9.17) is 16.3 Å². The number of nitrogens with zero attached hydrogens (tertiary/aromatic N) is 1. The third kappa shape index (κ3) is 4.65. The number of hydrogen-bond donors (Lipinski definition) is 2. The number of halogens is 1. The van der Waals surface area contributed by atoms with E-state index in [0.717, 1.165) is 22.3 Å². The molecular weight excluding hydrogens is 448 g/mol. The van der Waals surface area contributed by atoms with Gasteiger partial charge in [0, 0.05) is 17.0 Å². The standard InChI is InChI=1S/C24H19ClN2O6/c25-14-9-10-22(27(31)32)19(11-14)21(12-23(28)29)26-24(30)33-13-20-17-7-3-1-5-15(17)16-6-2-4-8-18(16)20/h1-11,20-21H,12-13H2,(H,26,30)(H,28,29). The lowest BCUT2D eigenvalue weighted by Crippen LogP contribution is -2.32. The SMILES string of the molecule is O=C(O)CC(NC(=O)OCC1c2ccccc2-c2ccccc21)c1cc(Cl)ccc1[N+](=O)[O-]. The van der Waals surface area contributed by atoms with E-state index < -0.39 is 29.4 Å². The predicted octanol–water partition coefficient (Wildman–Crippen LogP) is 5.30. The molecule has 1 aliphatic rings. The van der Waals surface area contributed by atoms with Gasteiger partial charge >= 0.3 is 12.1 Å². The monoisotopic (exact) mass is 466 g/mol. The molecule has 0 heterocycles. The number of aliphatic carboxylic acids is 1. The highest BCUT2D eigenvalue weighted by Gasteiger charge is 2.30. The number of hydrogen-bond acceptors (Lipinski definition) is 5. The van der Waals surface area contributed by atoms with Crippen molar-refractivity contribution in [3.63, 3.8) is 0 Å². The maximum Gasteiger partial charge on any atom is 0.407 e. The topological polar surface area (TPSA) is 119 Å². The molecular formula is C24H19ClN2O6. The van der Waals surface area contributed by atoms with E-state index in [1.165, 1.54) is 18.2 Å². The zero-order valence-electron chi connectivity index (χ0n) is 17.2. The highest BCUT2D eigenvalue weighted by atomic mass is 35.5. The molecule has 33 heavy (non-hydrogen) atoms.